The summed E-state index contributed by atoms with van der Waals surface area (Å²) in [6, 6.07) is 20.4. The molecule has 3 aromatic carbocycles. The Morgan fingerprint density at radius 2 is 1.69 bits per heavy atom. The highest BCUT2D eigenvalue weighted by Crippen LogP contribution is 2.29. The van der Waals surface area contributed by atoms with Gasteiger partial charge in [0.25, 0.3) is 5.91 Å². The Morgan fingerprint density at radius 1 is 0.969 bits per heavy atom. The van der Waals surface area contributed by atoms with Crippen molar-refractivity contribution in [2.75, 3.05) is 11.9 Å². The Hall–Kier alpha value is -3.85. The number of H-pyrrole nitrogens is 1. The first-order chi connectivity index (χ1) is 15.4. The van der Waals surface area contributed by atoms with Crippen LogP contribution in [0.25, 0.3) is 22.0 Å². The summed E-state index contributed by atoms with van der Waals surface area (Å²) in [5.74, 6) is -0.254. The summed E-state index contributed by atoms with van der Waals surface area (Å²) < 4.78 is 46.2. The van der Waals surface area contributed by atoms with Crippen molar-refractivity contribution in [3.05, 3.63) is 78.4 Å². The summed E-state index contributed by atoms with van der Waals surface area (Å²) in [7, 11) is 0. The van der Waals surface area contributed by atoms with Crippen molar-refractivity contribution in [1.82, 2.24) is 10.2 Å². The van der Waals surface area contributed by atoms with Crippen LogP contribution in [-0.2, 0) is 16.1 Å². The van der Waals surface area contributed by atoms with E-state index in [1.165, 1.54) is 24.3 Å². The minimum atomic E-state index is -4.73. The van der Waals surface area contributed by atoms with Gasteiger partial charge in [-0.15, -0.1) is 13.2 Å². The molecule has 1 heterocycles. The highest BCUT2D eigenvalue weighted by atomic mass is 19.4. The summed E-state index contributed by atoms with van der Waals surface area (Å²) in [4.78, 5) is 12.2. The number of anilines is 1. The maximum atomic E-state index is 12.3. The highest BCUT2D eigenvalue weighted by Gasteiger charge is 2.30. The van der Waals surface area contributed by atoms with Crippen LogP contribution < -0.4 is 10.1 Å². The average molecular weight is 441 g/mol. The Morgan fingerprint density at radius 3 is 2.41 bits per heavy atom. The van der Waals surface area contributed by atoms with Gasteiger partial charge in [0.1, 0.15) is 12.4 Å². The molecular formula is C23H18F3N3O3. The zero-order chi connectivity index (χ0) is 22.6. The minimum Gasteiger partial charge on any atom is -0.406 e. The summed E-state index contributed by atoms with van der Waals surface area (Å²) in [5, 5.41) is 10.4. The first-order valence-corrected chi connectivity index (χ1v) is 9.63. The maximum absolute atomic E-state index is 12.3. The average Bonchev–Trinajstić information content (AvgIpc) is 3.16. The van der Waals surface area contributed by atoms with Crippen molar-refractivity contribution >= 4 is 22.6 Å². The molecule has 0 atom stereocenters. The fourth-order valence-corrected chi connectivity index (χ4v) is 3.15. The third kappa shape index (κ3) is 5.44. The third-order valence-corrected chi connectivity index (χ3v) is 4.59. The van der Waals surface area contributed by atoms with Gasteiger partial charge in [0.05, 0.1) is 12.1 Å². The van der Waals surface area contributed by atoms with Crippen molar-refractivity contribution in [3.8, 4) is 16.9 Å². The number of fused-ring (bicyclic) bond motifs is 1. The Labute approximate surface area is 181 Å². The molecule has 0 aliphatic heterocycles. The maximum Gasteiger partial charge on any atom is 0.573 e. The van der Waals surface area contributed by atoms with Crippen molar-refractivity contribution in [1.29, 1.82) is 0 Å². The molecule has 0 bridgehead atoms. The minimum absolute atomic E-state index is 0.117. The fourth-order valence-electron chi connectivity index (χ4n) is 3.15. The number of ether oxygens (including phenoxy) is 2. The number of hydrogen-bond donors (Lipinski definition) is 2. The summed E-state index contributed by atoms with van der Waals surface area (Å²) in [6.07, 6.45) is -4.73. The molecule has 6 nitrogen and oxygen atoms in total. The van der Waals surface area contributed by atoms with Gasteiger partial charge in [-0.05, 0) is 41.0 Å². The number of carbonyl (C=O) groups excluding carboxylic acids is 1. The van der Waals surface area contributed by atoms with E-state index in [9.17, 15) is 18.0 Å². The molecule has 1 amide bonds. The molecule has 0 fully saturated rings. The lowest BCUT2D eigenvalue weighted by Gasteiger charge is -2.09. The smallest absolute Gasteiger partial charge is 0.406 e. The van der Waals surface area contributed by atoms with Crippen LogP contribution in [0.1, 0.15) is 5.56 Å². The number of nitrogens with zero attached hydrogens (tertiary/aromatic N) is 1. The highest BCUT2D eigenvalue weighted by molar-refractivity contribution is 6.01. The van der Waals surface area contributed by atoms with Gasteiger partial charge < -0.3 is 14.8 Å². The number of carbonyl (C=O) groups is 1. The molecule has 2 N–H and O–H groups in total. The predicted molar refractivity (Wildman–Crippen MR) is 113 cm³/mol. The first-order valence-electron chi connectivity index (χ1n) is 9.63. The Bertz CT molecular complexity index is 1210. The van der Waals surface area contributed by atoms with Gasteiger partial charge in [-0.1, -0.05) is 48.5 Å². The van der Waals surface area contributed by atoms with Crippen LogP contribution >= 0.6 is 0 Å². The Kier molecular flexibility index (Phi) is 6.09. The molecule has 0 spiro atoms. The van der Waals surface area contributed by atoms with E-state index in [-0.39, 0.29) is 18.3 Å². The largest absolute Gasteiger partial charge is 0.573 e. The molecule has 32 heavy (non-hydrogen) atoms. The van der Waals surface area contributed by atoms with Crippen LogP contribution in [0.15, 0.2) is 72.8 Å². The second-order valence-electron chi connectivity index (χ2n) is 6.93. The SMILES string of the molecule is O=C(COCc1ccccc1)Nc1n[nH]c2cc(-c3ccc(OC(F)(F)F)cc3)ccc12. The molecule has 0 aliphatic rings. The molecule has 0 saturated carbocycles. The van der Waals surface area contributed by atoms with Crippen LogP contribution in [-0.4, -0.2) is 29.1 Å². The quantitative estimate of drug-likeness (QED) is 0.409. The van der Waals surface area contributed by atoms with Gasteiger partial charge in [-0.25, -0.2) is 0 Å². The molecule has 0 saturated heterocycles. The lowest BCUT2D eigenvalue weighted by atomic mass is 10.0. The number of rotatable bonds is 7. The lowest BCUT2D eigenvalue weighted by Crippen LogP contribution is -2.18. The second-order valence-corrected chi connectivity index (χ2v) is 6.93. The molecule has 9 heteroatoms. The van der Waals surface area contributed by atoms with E-state index in [0.717, 1.165) is 11.1 Å². The number of aromatic amines is 1. The third-order valence-electron chi connectivity index (χ3n) is 4.59. The van der Waals surface area contributed by atoms with Gasteiger partial charge >= 0.3 is 6.36 Å². The first kappa shape index (κ1) is 21.4. The standard InChI is InChI=1S/C23H18F3N3O3/c24-23(25,26)32-18-9-6-16(7-10-18)17-8-11-19-20(12-17)28-29-22(19)27-21(30)14-31-13-15-4-2-1-3-5-15/h1-12H,13-14H2,(H2,27,28,29,30). The van der Waals surface area contributed by atoms with Gasteiger partial charge in [0.15, 0.2) is 5.82 Å². The van der Waals surface area contributed by atoms with E-state index < -0.39 is 6.36 Å². The van der Waals surface area contributed by atoms with Crippen LogP contribution in [0.2, 0.25) is 0 Å². The number of amides is 1. The van der Waals surface area contributed by atoms with Crippen LogP contribution in [0.3, 0.4) is 0 Å². The van der Waals surface area contributed by atoms with Gasteiger partial charge in [0.2, 0.25) is 0 Å². The normalized spacial score (nSPS) is 11.5. The van der Waals surface area contributed by atoms with Crippen molar-refractivity contribution in [2.45, 2.75) is 13.0 Å². The van der Waals surface area contributed by atoms with Gasteiger partial charge in [-0.3, -0.25) is 9.89 Å². The van der Waals surface area contributed by atoms with Gasteiger partial charge in [-0.2, -0.15) is 5.10 Å². The van der Waals surface area contributed by atoms with E-state index in [4.69, 9.17) is 4.74 Å². The monoisotopic (exact) mass is 441 g/mol. The van der Waals surface area contributed by atoms with E-state index >= 15 is 0 Å². The molecule has 0 aliphatic carbocycles. The summed E-state index contributed by atoms with van der Waals surface area (Å²) in [5.41, 5.74) is 3.11. The van der Waals surface area contributed by atoms with Crippen molar-refractivity contribution < 1.29 is 27.4 Å². The molecule has 1 aromatic heterocycles. The lowest BCUT2D eigenvalue weighted by molar-refractivity contribution is -0.274. The number of halogens is 3. The number of aromatic nitrogens is 2. The number of benzene rings is 3. The molecule has 164 valence electrons. The van der Waals surface area contributed by atoms with Crippen molar-refractivity contribution in [2.24, 2.45) is 0 Å². The fraction of sp³-hybridized carbons (Fsp3) is 0.130. The molecule has 4 rings (SSSR count). The zero-order valence-corrected chi connectivity index (χ0v) is 16.6. The number of hydrogen-bond acceptors (Lipinski definition) is 4. The van der Waals surface area contributed by atoms with Gasteiger partial charge in [0, 0.05) is 5.39 Å². The Balaban J connectivity index is 1.39. The molecule has 4 aromatic rings. The van der Waals surface area contributed by atoms with Crippen molar-refractivity contribution in [3.63, 3.8) is 0 Å². The predicted octanol–water partition coefficient (Wildman–Crippen LogP) is 5.28. The van der Waals surface area contributed by atoms with E-state index in [1.54, 1.807) is 18.2 Å². The second kappa shape index (κ2) is 9.11. The molecule has 0 unspecified atom stereocenters. The zero-order valence-electron chi connectivity index (χ0n) is 16.6. The topological polar surface area (TPSA) is 76.2 Å². The summed E-state index contributed by atoms with van der Waals surface area (Å²) >= 11 is 0. The van der Waals surface area contributed by atoms with E-state index in [2.05, 4.69) is 20.3 Å². The van der Waals surface area contributed by atoms with Crippen LogP contribution in [0.5, 0.6) is 5.75 Å². The molecule has 0 radical (unpaired) electrons. The number of alkyl halides is 3. The van der Waals surface area contributed by atoms with Crippen LogP contribution in [0.4, 0.5) is 19.0 Å². The van der Waals surface area contributed by atoms with E-state index in [1.807, 2.05) is 30.3 Å². The summed E-state index contributed by atoms with van der Waals surface area (Å²) in [6.45, 7) is 0.208. The van der Waals surface area contributed by atoms with Crippen LogP contribution in [0, 0.1) is 0 Å². The van der Waals surface area contributed by atoms with E-state index in [0.29, 0.717) is 28.9 Å². The number of nitrogens with one attached hydrogen (secondary N) is 2. The molecular weight excluding hydrogens is 423 g/mol.